The first kappa shape index (κ1) is 12.6. The van der Waals surface area contributed by atoms with E-state index in [2.05, 4.69) is 55.0 Å². The van der Waals surface area contributed by atoms with Crippen molar-refractivity contribution in [1.29, 1.82) is 0 Å². The van der Waals surface area contributed by atoms with Gasteiger partial charge in [-0.1, -0.05) is 18.2 Å². The summed E-state index contributed by atoms with van der Waals surface area (Å²) in [5.74, 6) is 0. The van der Waals surface area contributed by atoms with Gasteiger partial charge in [-0.15, -0.1) is 6.58 Å². The lowest BCUT2D eigenvalue weighted by Gasteiger charge is -2.18. The Bertz CT molecular complexity index is 485. The Hall–Kier alpha value is -1.87. The van der Waals surface area contributed by atoms with Crippen LogP contribution in [0, 0.1) is 0 Å². The van der Waals surface area contributed by atoms with Gasteiger partial charge in [0.15, 0.2) is 0 Å². The number of nitrogens with zero attached hydrogens (tertiary/aromatic N) is 2. The molecule has 0 saturated heterocycles. The van der Waals surface area contributed by atoms with Gasteiger partial charge in [-0.3, -0.25) is 0 Å². The van der Waals surface area contributed by atoms with E-state index in [0.29, 0.717) is 12.1 Å². The molecule has 2 rings (SSSR count). The molecule has 0 aliphatic rings. The summed E-state index contributed by atoms with van der Waals surface area (Å²) < 4.78 is 1.99. The number of nitrogens with one attached hydrogen (secondary N) is 1. The second kappa shape index (κ2) is 5.65. The van der Waals surface area contributed by atoms with Crippen LogP contribution >= 0.6 is 0 Å². The molecule has 3 nitrogen and oxygen atoms in total. The molecule has 2 unspecified atom stereocenters. The maximum absolute atomic E-state index is 4.05. The van der Waals surface area contributed by atoms with Gasteiger partial charge in [-0.05, 0) is 31.5 Å². The fraction of sp³-hybridized carbons (Fsp3) is 0.267. The zero-order chi connectivity index (χ0) is 13.0. The number of hydrogen-bond acceptors (Lipinski definition) is 2. The zero-order valence-corrected chi connectivity index (χ0v) is 10.9. The monoisotopic (exact) mass is 241 g/mol. The van der Waals surface area contributed by atoms with E-state index in [1.807, 2.05) is 16.8 Å². The van der Waals surface area contributed by atoms with Crippen LogP contribution in [0.5, 0.6) is 0 Å². The maximum atomic E-state index is 4.05. The summed E-state index contributed by atoms with van der Waals surface area (Å²) in [7, 11) is 0. The van der Waals surface area contributed by atoms with Gasteiger partial charge in [-0.2, -0.15) is 0 Å². The average molecular weight is 241 g/mol. The van der Waals surface area contributed by atoms with Crippen molar-refractivity contribution in [2.75, 3.05) is 0 Å². The highest BCUT2D eigenvalue weighted by Gasteiger charge is 2.07. The van der Waals surface area contributed by atoms with Crippen LogP contribution in [0.1, 0.15) is 25.5 Å². The van der Waals surface area contributed by atoms with Crippen LogP contribution in [-0.4, -0.2) is 15.6 Å². The quantitative estimate of drug-likeness (QED) is 0.815. The molecule has 1 N–H and O–H groups in total. The van der Waals surface area contributed by atoms with Crippen LogP contribution in [0.3, 0.4) is 0 Å². The van der Waals surface area contributed by atoms with Gasteiger partial charge in [0.25, 0.3) is 0 Å². The van der Waals surface area contributed by atoms with Crippen molar-refractivity contribution < 1.29 is 0 Å². The summed E-state index contributed by atoms with van der Waals surface area (Å²) in [6.07, 6.45) is 7.44. The molecular weight excluding hydrogens is 222 g/mol. The molecular formula is C15H19N3. The molecule has 0 aliphatic heterocycles. The number of benzene rings is 1. The van der Waals surface area contributed by atoms with Crippen molar-refractivity contribution in [3.63, 3.8) is 0 Å². The summed E-state index contributed by atoms with van der Waals surface area (Å²) in [6.45, 7) is 8.04. The lowest BCUT2D eigenvalue weighted by Crippen LogP contribution is -2.26. The van der Waals surface area contributed by atoms with E-state index in [0.717, 1.165) is 5.69 Å². The highest BCUT2D eigenvalue weighted by Crippen LogP contribution is 2.16. The van der Waals surface area contributed by atoms with E-state index in [1.54, 1.807) is 12.5 Å². The summed E-state index contributed by atoms with van der Waals surface area (Å²) in [6, 6.07) is 9.12. The van der Waals surface area contributed by atoms with Crippen LogP contribution < -0.4 is 5.32 Å². The van der Waals surface area contributed by atoms with Crippen molar-refractivity contribution in [2.24, 2.45) is 0 Å². The molecule has 0 bridgehead atoms. The molecule has 0 radical (unpaired) electrons. The Labute approximate surface area is 108 Å². The van der Waals surface area contributed by atoms with Crippen molar-refractivity contribution >= 4 is 0 Å². The lowest BCUT2D eigenvalue weighted by atomic mass is 10.1. The summed E-state index contributed by atoms with van der Waals surface area (Å²) >= 11 is 0. The van der Waals surface area contributed by atoms with E-state index in [9.17, 15) is 0 Å². The van der Waals surface area contributed by atoms with Crippen LogP contribution in [-0.2, 0) is 0 Å². The first-order valence-electron chi connectivity index (χ1n) is 6.17. The number of imidazole rings is 1. The van der Waals surface area contributed by atoms with E-state index < -0.39 is 0 Å². The summed E-state index contributed by atoms with van der Waals surface area (Å²) in [4.78, 5) is 4.05. The Kier molecular flexibility index (Phi) is 3.95. The van der Waals surface area contributed by atoms with Crippen molar-refractivity contribution in [2.45, 2.75) is 25.9 Å². The zero-order valence-electron chi connectivity index (χ0n) is 10.9. The molecule has 18 heavy (non-hydrogen) atoms. The molecule has 3 heteroatoms. The minimum atomic E-state index is 0.313. The van der Waals surface area contributed by atoms with Crippen LogP contribution in [0.2, 0.25) is 0 Å². The van der Waals surface area contributed by atoms with Crippen LogP contribution in [0.25, 0.3) is 5.69 Å². The van der Waals surface area contributed by atoms with Gasteiger partial charge in [0.1, 0.15) is 0 Å². The van der Waals surface area contributed by atoms with Gasteiger partial charge in [-0.25, -0.2) is 4.98 Å². The molecule has 2 atom stereocenters. The Morgan fingerprint density at radius 1 is 1.28 bits per heavy atom. The predicted molar refractivity (Wildman–Crippen MR) is 74.8 cm³/mol. The van der Waals surface area contributed by atoms with Gasteiger partial charge in [0.2, 0.25) is 0 Å². The van der Waals surface area contributed by atoms with Gasteiger partial charge >= 0.3 is 0 Å². The molecule has 0 amide bonds. The van der Waals surface area contributed by atoms with Crippen molar-refractivity contribution in [1.82, 2.24) is 14.9 Å². The minimum Gasteiger partial charge on any atom is -0.306 e. The third-order valence-electron chi connectivity index (χ3n) is 3.06. The van der Waals surface area contributed by atoms with Crippen molar-refractivity contribution in [3.05, 3.63) is 61.2 Å². The number of hydrogen-bond donors (Lipinski definition) is 1. The maximum Gasteiger partial charge on any atom is 0.0991 e. The van der Waals surface area contributed by atoms with Crippen molar-refractivity contribution in [3.8, 4) is 5.69 Å². The number of aromatic nitrogens is 2. The predicted octanol–water partition coefficient (Wildman–Crippen LogP) is 3.10. The Morgan fingerprint density at radius 2 is 2.00 bits per heavy atom. The molecule has 1 aromatic carbocycles. The van der Waals surface area contributed by atoms with Crippen LogP contribution in [0.15, 0.2) is 55.6 Å². The summed E-state index contributed by atoms with van der Waals surface area (Å²) in [5.41, 5.74) is 2.40. The fourth-order valence-electron chi connectivity index (χ4n) is 1.91. The van der Waals surface area contributed by atoms with Gasteiger partial charge in [0.05, 0.1) is 6.33 Å². The molecule has 1 aromatic heterocycles. The lowest BCUT2D eigenvalue weighted by molar-refractivity contribution is 0.537. The largest absolute Gasteiger partial charge is 0.306 e. The Morgan fingerprint density at radius 3 is 2.56 bits per heavy atom. The third-order valence-corrected chi connectivity index (χ3v) is 3.06. The molecule has 2 aromatic rings. The molecule has 1 heterocycles. The van der Waals surface area contributed by atoms with E-state index >= 15 is 0 Å². The number of rotatable bonds is 5. The smallest absolute Gasteiger partial charge is 0.0991 e. The highest BCUT2D eigenvalue weighted by atomic mass is 15.0. The van der Waals surface area contributed by atoms with E-state index in [4.69, 9.17) is 0 Å². The standard InChI is InChI=1S/C15H19N3/c1-4-12(2)17-13(3)14-5-7-15(8-6-14)18-10-9-16-11-18/h4-13,17H,1H2,2-3H3. The highest BCUT2D eigenvalue weighted by molar-refractivity contribution is 5.35. The first-order chi connectivity index (χ1) is 8.70. The molecule has 0 saturated carbocycles. The third kappa shape index (κ3) is 2.87. The molecule has 0 aliphatic carbocycles. The average Bonchev–Trinajstić information content (AvgIpc) is 2.92. The second-order valence-electron chi connectivity index (χ2n) is 4.47. The van der Waals surface area contributed by atoms with E-state index in [1.165, 1.54) is 5.56 Å². The molecule has 0 spiro atoms. The SMILES string of the molecule is C=CC(C)NC(C)c1ccc(-n2ccnc2)cc1. The fourth-order valence-corrected chi connectivity index (χ4v) is 1.91. The summed E-state index contributed by atoms with van der Waals surface area (Å²) in [5, 5.41) is 3.46. The van der Waals surface area contributed by atoms with Gasteiger partial charge in [0, 0.05) is 30.2 Å². The van der Waals surface area contributed by atoms with E-state index in [-0.39, 0.29) is 0 Å². The first-order valence-corrected chi connectivity index (χ1v) is 6.17. The second-order valence-corrected chi connectivity index (χ2v) is 4.47. The van der Waals surface area contributed by atoms with Gasteiger partial charge < -0.3 is 9.88 Å². The normalized spacial score (nSPS) is 14.1. The minimum absolute atomic E-state index is 0.313. The molecule has 94 valence electrons. The topological polar surface area (TPSA) is 29.9 Å². The van der Waals surface area contributed by atoms with Crippen LogP contribution in [0.4, 0.5) is 0 Å². The Balaban J connectivity index is 2.10. The molecule has 0 fully saturated rings.